The lowest BCUT2D eigenvalue weighted by molar-refractivity contribution is -0.145. The zero-order valence-corrected chi connectivity index (χ0v) is 21.5. The average Bonchev–Trinajstić information content (AvgIpc) is 3.69. The van der Waals surface area contributed by atoms with E-state index in [1.807, 2.05) is 0 Å². The Morgan fingerprint density at radius 2 is 1.68 bits per heavy atom. The number of carbonyl (C=O) groups excluding carboxylic acids is 4. The number of ether oxygens (including phenoxy) is 2. The van der Waals surface area contributed by atoms with Gasteiger partial charge in [-0.1, -0.05) is 37.1 Å². The lowest BCUT2D eigenvalue weighted by Crippen LogP contribution is -2.59. The second-order valence-corrected chi connectivity index (χ2v) is 10.1. The fourth-order valence-corrected chi connectivity index (χ4v) is 5.68. The van der Waals surface area contributed by atoms with E-state index in [-0.39, 0.29) is 24.8 Å². The van der Waals surface area contributed by atoms with Crippen LogP contribution in [-0.4, -0.2) is 47.3 Å². The van der Waals surface area contributed by atoms with Gasteiger partial charge in [0.1, 0.15) is 17.9 Å². The van der Waals surface area contributed by atoms with E-state index in [1.54, 1.807) is 54.6 Å². The van der Waals surface area contributed by atoms with Gasteiger partial charge in [0.15, 0.2) is 11.5 Å². The van der Waals surface area contributed by atoms with Gasteiger partial charge < -0.3 is 19.7 Å². The molecule has 3 amide bonds. The van der Waals surface area contributed by atoms with E-state index in [0.29, 0.717) is 54.1 Å². The number of nitrogens with one attached hydrogen (secondary N) is 1. The van der Waals surface area contributed by atoms with Gasteiger partial charge >= 0.3 is 0 Å². The summed E-state index contributed by atoms with van der Waals surface area (Å²) in [5.74, 6) is -1.67. The lowest BCUT2D eigenvalue weighted by atomic mass is 9.92. The fourth-order valence-electron chi connectivity index (χ4n) is 5.68. The summed E-state index contributed by atoms with van der Waals surface area (Å²) in [4.78, 5) is 56.1. The average molecular weight is 544 g/mol. The molecule has 204 valence electrons. The SMILES string of the molecule is O=C1C(=O)N(CC(=O)N(Cc2ccc(F)cc2)C2(C(=O)Nc3ccc4c(c3)OCO4)CCCC2)c2ccccc21. The maximum absolute atomic E-state index is 14.1. The summed E-state index contributed by atoms with van der Waals surface area (Å²) in [7, 11) is 0. The highest BCUT2D eigenvalue weighted by molar-refractivity contribution is 6.52. The highest BCUT2D eigenvalue weighted by atomic mass is 19.1. The van der Waals surface area contributed by atoms with Gasteiger partial charge in [0.2, 0.25) is 18.6 Å². The molecule has 2 heterocycles. The molecule has 0 aromatic heterocycles. The van der Waals surface area contributed by atoms with Crippen LogP contribution in [0.3, 0.4) is 0 Å². The van der Waals surface area contributed by atoms with Crippen molar-refractivity contribution in [3.8, 4) is 11.5 Å². The van der Waals surface area contributed by atoms with Gasteiger partial charge in [-0.15, -0.1) is 0 Å². The number of hydrogen-bond acceptors (Lipinski definition) is 6. The molecule has 3 aromatic carbocycles. The second-order valence-electron chi connectivity index (χ2n) is 10.1. The van der Waals surface area contributed by atoms with Gasteiger partial charge in [-0.05, 0) is 54.8 Å². The van der Waals surface area contributed by atoms with Crippen molar-refractivity contribution in [1.82, 2.24) is 4.90 Å². The minimum absolute atomic E-state index is 0.0191. The van der Waals surface area contributed by atoms with Gasteiger partial charge in [0.25, 0.3) is 11.7 Å². The maximum Gasteiger partial charge on any atom is 0.299 e. The van der Waals surface area contributed by atoms with E-state index in [4.69, 9.17) is 9.47 Å². The molecule has 3 aromatic rings. The van der Waals surface area contributed by atoms with Crippen molar-refractivity contribution < 1.29 is 33.0 Å². The van der Waals surface area contributed by atoms with Crippen LogP contribution in [0.4, 0.5) is 15.8 Å². The van der Waals surface area contributed by atoms with Gasteiger partial charge in [-0.3, -0.25) is 24.1 Å². The minimum Gasteiger partial charge on any atom is -0.454 e. The number of nitrogens with zero attached hydrogens (tertiary/aromatic N) is 2. The topological polar surface area (TPSA) is 105 Å². The van der Waals surface area contributed by atoms with Gasteiger partial charge in [-0.2, -0.15) is 0 Å². The molecule has 0 bridgehead atoms. The molecule has 0 atom stereocenters. The van der Waals surface area contributed by atoms with E-state index in [9.17, 15) is 23.6 Å². The number of para-hydroxylation sites is 1. The van der Waals surface area contributed by atoms with Crippen LogP contribution in [0.5, 0.6) is 11.5 Å². The Bertz CT molecular complexity index is 1520. The predicted molar refractivity (Wildman–Crippen MR) is 142 cm³/mol. The van der Waals surface area contributed by atoms with E-state index in [2.05, 4.69) is 5.32 Å². The number of Topliss-reactive ketones (excluding diaryl/α,β-unsaturated/α-hetero) is 1. The Balaban J connectivity index is 1.33. The summed E-state index contributed by atoms with van der Waals surface area (Å²) in [5.41, 5.74) is 0.484. The van der Waals surface area contributed by atoms with Crippen molar-refractivity contribution in [3.63, 3.8) is 0 Å². The van der Waals surface area contributed by atoms with E-state index >= 15 is 0 Å². The smallest absolute Gasteiger partial charge is 0.299 e. The molecular formula is C30H26FN3O6. The number of ketones is 1. The number of amides is 3. The van der Waals surface area contributed by atoms with E-state index in [0.717, 1.165) is 4.90 Å². The molecule has 1 fully saturated rings. The predicted octanol–water partition coefficient (Wildman–Crippen LogP) is 4.06. The molecule has 2 aliphatic heterocycles. The molecule has 1 saturated carbocycles. The van der Waals surface area contributed by atoms with Crippen molar-refractivity contribution in [2.75, 3.05) is 23.6 Å². The molecule has 6 rings (SSSR count). The monoisotopic (exact) mass is 543 g/mol. The quantitative estimate of drug-likeness (QED) is 0.451. The number of halogens is 1. The Kier molecular flexibility index (Phi) is 6.45. The second kappa shape index (κ2) is 10.1. The number of benzene rings is 3. The van der Waals surface area contributed by atoms with Crippen LogP contribution in [0.15, 0.2) is 66.7 Å². The molecular weight excluding hydrogens is 517 g/mol. The van der Waals surface area contributed by atoms with Crippen LogP contribution in [0.2, 0.25) is 0 Å². The number of rotatable bonds is 7. The van der Waals surface area contributed by atoms with Crippen molar-refractivity contribution >= 4 is 34.9 Å². The zero-order valence-electron chi connectivity index (χ0n) is 21.5. The molecule has 40 heavy (non-hydrogen) atoms. The first kappa shape index (κ1) is 25.5. The molecule has 0 saturated heterocycles. The molecule has 10 heteroatoms. The maximum atomic E-state index is 14.1. The van der Waals surface area contributed by atoms with Gasteiger partial charge in [-0.25, -0.2) is 4.39 Å². The fraction of sp³-hybridized carbons (Fsp3) is 0.267. The van der Waals surface area contributed by atoms with Crippen LogP contribution >= 0.6 is 0 Å². The third kappa shape index (κ3) is 4.45. The Labute approximate surface area is 229 Å². The summed E-state index contributed by atoms with van der Waals surface area (Å²) < 4.78 is 24.5. The normalized spacial score (nSPS) is 16.7. The molecule has 1 N–H and O–H groups in total. The van der Waals surface area contributed by atoms with Crippen LogP contribution in [0, 0.1) is 5.82 Å². The number of hydrogen-bond donors (Lipinski definition) is 1. The van der Waals surface area contributed by atoms with Crippen LogP contribution in [0.1, 0.15) is 41.6 Å². The first-order chi connectivity index (χ1) is 19.4. The lowest BCUT2D eigenvalue weighted by Gasteiger charge is -2.41. The van der Waals surface area contributed by atoms with Crippen molar-refractivity contribution in [1.29, 1.82) is 0 Å². The van der Waals surface area contributed by atoms with E-state index < -0.39 is 35.5 Å². The molecule has 0 unspecified atom stereocenters. The van der Waals surface area contributed by atoms with Crippen LogP contribution < -0.4 is 19.7 Å². The number of carbonyl (C=O) groups is 4. The summed E-state index contributed by atoms with van der Waals surface area (Å²) in [6.45, 7) is -0.301. The summed E-state index contributed by atoms with van der Waals surface area (Å²) in [6.07, 6.45) is 2.23. The Morgan fingerprint density at radius 1 is 0.950 bits per heavy atom. The van der Waals surface area contributed by atoms with Crippen molar-refractivity contribution in [3.05, 3.63) is 83.7 Å². The molecule has 0 radical (unpaired) electrons. The van der Waals surface area contributed by atoms with Crippen molar-refractivity contribution in [2.24, 2.45) is 0 Å². The molecule has 3 aliphatic rings. The molecule has 1 aliphatic carbocycles. The van der Waals surface area contributed by atoms with Crippen molar-refractivity contribution in [2.45, 2.75) is 37.8 Å². The number of anilines is 2. The van der Waals surface area contributed by atoms with Crippen LogP contribution in [0.25, 0.3) is 0 Å². The largest absolute Gasteiger partial charge is 0.454 e. The third-order valence-corrected chi connectivity index (χ3v) is 7.73. The summed E-state index contributed by atoms with van der Waals surface area (Å²) in [5, 5.41) is 2.95. The van der Waals surface area contributed by atoms with Gasteiger partial charge in [0, 0.05) is 18.3 Å². The first-order valence-corrected chi connectivity index (χ1v) is 13.1. The first-order valence-electron chi connectivity index (χ1n) is 13.1. The number of fused-ring (bicyclic) bond motifs is 2. The van der Waals surface area contributed by atoms with Gasteiger partial charge in [0.05, 0.1) is 11.3 Å². The zero-order chi connectivity index (χ0) is 27.9. The summed E-state index contributed by atoms with van der Waals surface area (Å²) in [6, 6.07) is 17.3. The highest BCUT2D eigenvalue weighted by Crippen LogP contribution is 2.40. The third-order valence-electron chi connectivity index (χ3n) is 7.73. The Hall–Kier alpha value is -4.73. The minimum atomic E-state index is -1.23. The molecule has 0 spiro atoms. The summed E-state index contributed by atoms with van der Waals surface area (Å²) >= 11 is 0. The van der Waals surface area contributed by atoms with Crippen LogP contribution in [-0.2, 0) is 20.9 Å². The highest BCUT2D eigenvalue weighted by Gasteiger charge is 2.49. The standard InChI is InChI=1S/C30H26FN3O6/c31-20-9-7-19(8-10-20)16-34(26(35)17-33-23-6-2-1-5-22(23)27(36)28(33)37)30(13-3-4-14-30)29(38)32-21-11-12-24-25(15-21)40-18-39-24/h1-2,5-12,15H,3-4,13-14,16-18H2,(H,32,38). The Morgan fingerprint density at radius 3 is 2.45 bits per heavy atom. The van der Waals surface area contributed by atoms with E-state index in [1.165, 1.54) is 17.0 Å². The molecule has 9 nitrogen and oxygen atoms in total.